The number of nitrogens with two attached hydrogens (primary N) is 1. The van der Waals surface area contributed by atoms with Gasteiger partial charge in [-0.25, -0.2) is 4.99 Å². The molecule has 1 heterocycles. The zero-order valence-corrected chi connectivity index (χ0v) is 20.0. The van der Waals surface area contributed by atoms with E-state index in [1.807, 2.05) is 13.8 Å². The molecule has 1 atom stereocenters. The summed E-state index contributed by atoms with van der Waals surface area (Å²) in [7, 11) is 1.79. The van der Waals surface area contributed by atoms with E-state index in [9.17, 15) is 4.79 Å². The highest BCUT2D eigenvalue weighted by molar-refractivity contribution is 6.08. The van der Waals surface area contributed by atoms with Crippen molar-refractivity contribution in [2.75, 3.05) is 7.11 Å². The van der Waals surface area contributed by atoms with Crippen LogP contribution in [0.15, 0.2) is 53.5 Å². The Balaban J connectivity index is 1.55. The van der Waals surface area contributed by atoms with Crippen molar-refractivity contribution in [1.82, 2.24) is 4.90 Å². The number of hydrogen-bond acceptors (Lipinski definition) is 4. The molecule has 1 saturated carbocycles. The number of amides is 1. The fourth-order valence-corrected chi connectivity index (χ4v) is 6.47. The second-order valence-corrected chi connectivity index (χ2v) is 10.3. The average molecular weight is 446 g/mol. The van der Waals surface area contributed by atoms with Crippen LogP contribution >= 0.6 is 0 Å². The third-order valence-electron chi connectivity index (χ3n) is 8.20. The van der Waals surface area contributed by atoms with Gasteiger partial charge in [0.15, 0.2) is 11.5 Å². The van der Waals surface area contributed by atoms with Gasteiger partial charge in [-0.05, 0) is 81.0 Å². The van der Waals surface area contributed by atoms with Crippen LogP contribution in [-0.2, 0) is 34.3 Å². The highest BCUT2D eigenvalue weighted by atomic mass is 16.5. The van der Waals surface area contributed by atoms with Crippen molar-refractivity contribution in [1.29, 1.82) is 0 Å². The van der Waals surface area contributed by atoms with Crippen LogP contribution in [0.2, 0.25) is 0 Å². The lowest BCUT2D eigenvalue weighted by Gasteiger charge is -2.45. The molecule has 2 N–H and O–H groups in total. The Labute approximate surface area is 197 Å². The van der Waals surface area contributed by atoms with E-state index in [4.69, 9.17) is 15.5 Å². The Kier molecular flexibility index (Phi) is 5.56. The van der Waals surface area contributed by atoms with E-state index in [1.54, 1.807) is 12.0 Å². The maximum Gasteiger partial charge on any atom is 0.262 e. The van der Waals surface area contributed by atoms with Gasteiger partial charge in [0.1, 0.15) is 0 Å². The van der Waals surface area contributed by atoms with Gasteiger partial charge in [0, 0.05) is 18.6 Å². The summed E-state index contributed by atoms with van der Waals surface area (Å²) in [6.07, 6.45) is 6.82. The molecule has 33 heavy (non-hydrogen) atoms. The molecular formula is C28H35N3O2. The highest BCUT2D eigenvalue weighted by Crippen LogP contribution is 2.62. The predicted octanol–water partition coefficient (Wildman–Crippen LogP) is 4.36. The first-order valence-electron chi connectivity index (χ1n) is 12.3. The molecule has 2 aromatic rings. The van der Waals surface area contributed by atoms with Crippen molar-refractivity contribution >= 4 is 11.9 Å². The van der Waals surface area contributed by atoms with Gasteiger partial charge < -0.3 is 10.5 Å². The number of carbonyl (C=O) groups is 1. The summed E-state index contributed by atoms with van der Waals surface area (Å²) in [6.45, 7) is 4.03. The Morgan fingerprint density at radius 2 is 1.79 bits per heavy atom. The molecule has 1 amide bonds. The molecule has 174 valence electrons. The molecule has 5 rings (SSSR count). The monoisotopic (exact) mass is 445 g/mol. The Morgan fingerprint density at radius 1 is 1.09 bits per heavy atom. The summed E-state index contributed by atoms with van der Waals surface area (Å²) < 4.78 is 5.67. The average Bonchev–Trinajstić information content (AvgIpc) is 3.24. The Morgan fingerprint density at radius 3 is 2.42 bits per heavy atom. The first-order valence-corrected chi connectivity index (χ1v) is 12.3. The second-order valence-electron chi connectivity index (χ2n) is 10.3. The van der Waals surface area contributed by atoms with Crippen LogP contribution < -0.4 is 5.73 Å². The van der Waals surface area contributed by atoms with Gasteiger partial charge in [-0.1, -0.05) is 48.5 Å². The maximum atomic E-state index is 14.2. The number of fused-ring (bicyclic) bond motifs is 3. The molecule has 0 saturated heterocycles. The van der Waals surface area contributed by atoms with Crippen LogP contribution in [-0.4, -0.2) is 36.0 Å². The second kappa shape index (κ2) is 8.28. The van der Waals surface area contributed by atoms with Crippen molar-refractivity contribution in [3.63, 3.8) is 0 Å². The minimum absolute atomic E-state index is 0.0155. The molecule has 2 aromatic carbocycles. The summed E-state index contributed by atoms with van der Waals surface area (Å²) in [5.41, 5.74) is 10.2. The zero-order chi connectivity index (χ0) is 23.2. The molecule has 2 spiro atoms. The van der Waals surface area contributed by atoms with E-state index in [0.717, 1.165) is 50.5 Å². The molecule has 1 fully saturated rings. The molecule has 3 aliphatic rings. The van der Waals surface area contributed by atoms with E-state index >= 15 is 0 Å². The smallest absolute Gasteiger partial charge is 0.262 e. The van der Waals surface area contributed by atoms with Crippen LogP contribution in [0, 0.1) is 5.41 Å². The zero-order valence-electron chi connectivity index (χ0n) is 20.0. The van der Waals surface area contributed by atoms with Gasteiger partial charge in [0.05, 0.1) is 6.10 Å². The third-order valence-corrected chi connectivity index (χ3v) is 8.20. The molecule has 2 aliphatic carbocycles. The van der Waals surface area contributed by atoms with Crippen molar-refractivity contribution < 1.29 is 9.53 Å². The minimum Gasteiger partial charge on any atom is -0.381 e. The van der Waals surface area contributed by atoms with Gasteiger partial charge in [-0.2, -0.15) is 0 Å². The topological polar surface area (TPSA) is 67.9 Å². The first-order chi connectivity index (χ1) is 15.9. The quantitative estimate of drug-likeness (QED) is 0.743. The van der Waals surface area contributed by atoms with E-state index in [0.29, 0.717) is 5.96 Å². The lowest BCUT2D eigenvalue weighted by Crippen LogP contribution is -2.53. The van der Waals surface area contributed by atoms with Crippen LogP contribution in [0.25, 0.3) is 0 Å². The highest BCUT2D eigenvalue weighted by Gasteiger charge is 2.66. The van der Waals surface area contributed by atoms with Gasteiger partial charge in [0.2, 0.25) is 0 Å². The number of methoxy groups -OCH3 is 1. The SMILES string of the molecule is COC1CCC2(CC1)Cc1ccc(CCc3ccccc3)cc1C21N=C(N)N(C(C)C)C1=O. The number of rotatable bonds is 5. The summed E-state index contributed by atoms with van der Waals surface area (Å²) in [6, 6.07) is 17.3. The van der Waals surface area contributed by atoms with E-state index in [2.05, 4.69) is 48.5 Å². The normalized spacial score (nSPS) is 28.7. The molecular weight excluding hydrogens is 410 g/mol. The van der Waals surface area contributed by atoms with E-state index < -0.39 is 5.54 Å². The lowest BCUT2D eigenvalue weighted by molar-refractivity contribution is -0.139. The molecule has 1 unspecified atom stereocenters. The minimum atomic E-state index is -0.905. The maximum absolute atomic E-state index is 14.2. The van der Waals surface area contributed by atoms with Crippen molar-refractivity contribution in [2.45, 2.75) is 76.5 Å². The van der Waals surface area contributed by atoms with Crippen molar-refractivity contribution in [3.8, 4) is 0 Å². The van der Waals surface area contributed by atoms with Crippen LogP contribution in [0.5, 0.6) is 0 Å². The fourth-order valence-electron chi connectivity index (χ4n) is 6.47. The number of aliphatic imine (C=N–C) groups is 1. The number of ether oxygens (including phenoxy) is 1. The number of carbonyl (C=O) groups excluding carboxylic acids is 1. The summed E-state index contributed by atoms with van der Waals surface area (Å²) in [5.74, 6) is 0.426. The molecule has 0 aromatic heterocycles. The summed E-state index contributed by atoms with van der Waals surface area (Å²) >= 11 is 0. The Hall–Kier alpha value is -2.66. The van der Waals surface area contributed by atoms with Gasteiger partial charge in [-0.3, -0.25) is 9.69 Å². The number of hydrogen-bond donors (Lipinski definition) is 1. The summed E-state index contributed by atoms with van der Waals surface area (Å²) in [4.78, 5) is 20.9. The fraction of sp³-hybridized carbons (Fsp3) is 0.500. The van der Waals surface area contributed by atoms with Gasteiger partial charge in [0.25, 0.3) is 5.91 Å². The first kappa shape index (κ1) is 22.1. The number of benzene rings is 2. The third kappa shape index (κ3) is 3.40. The van der Waals surface area contributed by atoms with Crippen molar-refractivity contribution in [2.24, 2.45) is 16.1 Å². The van der Waals surface area contributed by atoms with E-state index in [-0.39, 0.29) is 23.5 Å². The predicted molar refractivity (Wildman–Crippen MR) is 131 cm³/mol. The standard InChI is InChI=1S/C28H35N3O2/c1-19(2)31-25(32)28(30-26(31)29)24-17-21(10-9-20-7-5-4-6-8-20)11-12-22(24)18-27(28)15-13-23(33-3)14-16-27/h4-8,11-12,17,19,23H,9-10,13-16,18H2,1-3H3,(H2,29,30). The molecule has 0 bridgehead atoms. The number of nitrogens with zero attached hydrogens (tertiary/aromatic N) is 2. The largest absolute Gasteiger partial charge is 0.381 e. The van der Waals surface area contributed by atoms with Gasteiger partial charge in [-0.15, -0.1) is 0 Å². The number of aryl methyl sites for hydroxylation is 2. The van der Waals surface area contributed by atoms with Crippen molar-refractivity contribution in [3.05, 3.63) is 70.8 Å². The van der Waals surface area contributed by atoms with Gasteiger partial charge >= 0.3 is 0 Å². The molecule has 0 radical (unpaired) electrons. The Bertz CT molecular complexity index is 1070. The molecule has 5 heteroatoms. The van der Waals surface area contributed by atoms with E-state index in [1.165, 1.54) is 16.7 Å². The van der Waals surface area contributed by atoms with Crippen LogP contribution in [0.3, 0.4) is 0 Å². The number of guanidine groups is 1. The molecule has 5 nitrogen and oxygen atoms in total. The lowest BCUT2D eigenvalue weighted by atomic mass is 9.61. The summed E-state index contributed by atoms with van der Waals surface area (Å²) in [5, 5.41) is 0. The van der Waals surface area contributed by atoms with Crippen LogP contribution in [0.1, 0.15) is 61.8 Å². The van der Waals surface area contributed by atoms with Crippen LogP contribution in [0.4, 0.5) is 0 Å². The molecule has 1 aliphatic heterocycles.